The highest BCUT2D eigenvalue weighted by Gasteiger charge is 2.40. The van der Waals surface area contributed by atoms with Crippen LogP contribution in [-0.4, -0.2) is 57.4 Å². The molecule has 6 nitrogen and oxygen atoms in total. The smallest absolute Gasteiger partial charge is 0.254 e. The molecule has 1 amide bonds. The number of piperazine rings is 1. The lowest BCUT2D eigenvalue weighted by atomic mass is 10.2. The van der Waals surface area contributed by atoms with E-state index in [1.807, 2.05) is 4.72 Å². The summed E-state index contributed by atoms with van der Waals surface area (Å²) < 4.78 is 49.7. The van der Waals surface area contributed by atoms with Gasteiger partial charge in [0.1, 0.15) is 0 Å². The Morgan fingerprint density at radius 2 is 2.00 bits per heavy atom. The summed E-state index contributed by atoms with van der Waals surface area (Å²) in [6.45, 7) is 0.493. The van der Waals surface area contributed by atoms with Gasteiger partial charge in [-0.15, -0.1) is 12.4 Å². The van der Waals surface area contributed by atoms with Crippen molar-refractivity contribution in [2.45, 2.75) is 29.8 Å². The lowest BCUT2D eigenvalue weighted by Crippen LogP contribution is -2.46. The Morgan fingerprint density at radius 1 is 1.33 bits per heavy atom. The molecular formula is C14H18ClF2N3O3S. The van der Waals surface area contributed by atoms with Crippen molar-refractivity contribution in [1.82, 2.24) is 14.9 Å². The zero-order valence-electron chi connectivity index (χ0n) is 12.6. The molecule has 2 fully saturated rings. The molecule has 24 heavy (non-hydrogen) atoms. The Bertz CT molecular complexity index is 700. The third-order valence-corrected chi connectivity index (χ3v) is 5.60. The molecule has 2 N–H and O–H groups in total. The van der Waals surface area contributed by atoms with Crippen molar-refractivity contribution in [2.75, 3.05) is 19.6 Å². The summed E-state index contributed by atoms with van der Waals surface area (Å²) in [5.74, 6) is -0.136. The molecule has 2 atom stereocenters. The van der Waals surface area contributed by atoms with E-state index in [1.54, 1.807) is 4.90 Å². The van der Waals surface area contributed by atoms with Gasteiger partial charge in [-0.25, -0.2) is 21.9 Å². The number of carbonyl (C=O) groups excluding carboxylic acids is 1. The topological polar surface area (TPSA) is 78.5 Å². The minimum atomic E-state index is -3.99. The number of rotatable bonds is 5. The predicted octanol–water partition coefficient (Wildman–Crippen LogP) is 0.838. The van der Waals surface area contributed by atoms with Crippen molar-refractivity contribution in [2.24, 2.45) is 0 Å². The van der Waals surface area contributed by atoms with Crippen LogP contribution in [0.25, 0.3) is 0 Å². The number of benzene rings is 1. The van der Waals surface area contributed by atoms with Gasteiger partial charge >= 0.3 is 0 Å². The molecule has 1 aromatic carbocycles. The summed E-state index contributed by atoms with van der Waals surface area (Å²) in [5.41, 5.74) is 0.394. The van der Waals surface area contributed by atoms with Crippen LogP contribution in [0.1, 0.15) is 16.8 Å². The van der Waals surface area contributed by atoms with Crippen LogP contribution in [-0.2, 0) is 10.0 Å². The van der Waals surface area contributed by atoms with E-state index in [9.17, 15) is 22.0 Å². The van der Waals surface area contributed by atoms with Gasteiger partial charge in [0.05, 0.1) is 11.4 Å². The average molecular weight is 382 g/mol. The van der Waals surface area contributed by atoms with Crippen LogP contribution < -0.4 is 10.0 Å². The van der Waals surface area contributed by atoms with Crippen molar-refractivity contribution in [3.63, 3.8) is 0 Å². The first-order chi connectivity index (χ1) is 10.9. The number of hydrogen-bond acceptors (Lipinski definition) is 4. The van der Waals surface area contributed by atoms with Crippen molar-refractivity contribution in [3.8, 4) is 0 Å². The van der Waals surface area contributed by atoms with Gasteiger partial charge in [0.25, 0.3) is 12.3 Å². The summed E-state index contributed by atoms with van der Waals surface area (Å²) in [4.78, 5) is 14.1. The van der Waals surface area contributed by atoms with Gasteiger partial charge in [0.2, 0.25) is 10.0 Å². The molecule has 0 unspecified atom stereocenters. The predicted molar refractivity (Wildman–Crippen MR) is 86.1 cm³/mol. The first-order valence-corrected chi connectivity index (χ1v) is 8.77. The maximum Gasteiger partial charge on any atom is 0.254 e. The van der Waals surface area contributed by atoms with Crippen LogP contribution in [0.15, 0.2) is 29.2 Å². The summed E-state index contributed by atoms with van der Waals surface area (Å²) in [6.07, 6.45) is -1.82. The Kier molecular flexibility index (Phi) is 5.79. The largest absolute Gasteiger partial charge is 0.333 e. The molecule has 1 aromatic rings. The number of likely N-dealkylation sites (tertiary alicyclic amines) is 1. The Morgan fingerprint density at radius 3 is 2.50 bits per heavy atom. The maximum absolute atomic E-state index is 12.4. The van der Waals surface area contributed by atoms with Crippen molar-refractivity contribution in [1.29, 1.82) is 0 Å². The highest BCUT2D eigenvalue weighted by atomic mass is 35.5. The molecule has 0 aromatic heterocycles. The lowest BCUT2D eigenvalue weighted by Gasteiger charge is -2.27. The van der Waals surface area contributed by atoms with Crippen LogP contribution in [0.5, 0.6) is 0 Å². The quantitative estimate of drug-likeness (QED) is 0.792. The van der Waals surface area contributed by atoms with Gasteiger partial charge in [-0.05, 0) is 30.7 Å². The van der Waals surface area contributed by atoms with E-state index in [2.05, 4.69) is 5.32 Å². The molecule has 2 heterocycles. The molecule has 2 saturated heterocycles. The fourth-order valence-electron chi connectivity index (χ4n) is 3.01. The van der Waals surface area contributed by atoms with E-state index in [-0.39, 0.29) is 29.3 Å². The maximum atomic E-state index is 12.4. The van der Waals surface area contributed by atoms with E-state index < -0.39 is 23.0 Å². The molecule has 0 radical (unpaired) electrons. The van der Waals surface area contributed by atoms with Crippen LogP contribution in [0, 0.1) is 0 Å². The number of alkyl halides is 2. The zero-order chi connectivity index (χ0) is 16.6. The molecule has 134 valence electrons. The Labute approximate surface area is 145 Å². The standard InChI is InChI=1S/C14H17F2N3O3S.ClH/c15-13(16)7-18-23(21,22)12-3-1-9(2-4-12)14(20)19-8-10-5-11(19)6-17-10;/h1-4,10-11,13,17-18H,5-8H2;1H/t10-,11-;/m0./s1. The molecule has 3 rings (SSSR count). The van der Waals surface area contributed by atoms with E-state index in [0.29, 0.717) is 18.2 Å². The SMILES string of the molecule is Cl.O=C(c1ccc(S(=O)(=O)NCC(F)F)cc1)N1C[C@@H]2C[C@H]1CN2. The van der Waals surface area contributed by atoms with Crippen LogP contribution in [0.4, 0.5) is 8.78 Å². The third kappa shape index (κ3) is 3.85. The summed E-state index contributed by atoms with van der Waals surface area (Å²) >= 11 is 0. The number of sulfonamides is 1. The van der Waals surface area contributed by atoms with Crippen molar-refractivity contribution >= 4 is 28.3 Å². The molecule has 10 heteroatoms. The highest BCUT2D eigenvalue weighted by molar-refractivity contribution is 7.89. The fourth-order valence-corrected chi connectivity index (χ4v) is 4.01. The minimum absolute atomic E-state index is 0. The molecule has 2 aliphatic heterocycles. The van der Waals surface area contributed by atoms with E-state index in [4.69, 9.17) is 0 Å². The number of hydrogen-bond donors (Lipinski definition) is 2. The monoisotopic (exact) mass is 381 g/mol. The second-order valence-electron chi connectivity index (χ2n) is 5.72. The number of amides is 1. The Hall–Kier alpha value is -1.29. The Balaban J connectivity index is 0.00000208. The molecule has 0 spiro atoms. The van der Waals surface area contributed by atoms with Gasteiger partial charge in [-0.1, -0.05) is 0 Å². The average Bonchev–Trinajstić information content (AvgIpc) is 3.15. The van der Waals surface area contributed by atoms with E-state index >= 15 is 0 Å². The molecular weight excluding hydrogens is 364 g/mol. The van der Waals surface area contributed by atoms with Crippen LogP contribution in [0.3, 0.4) is 0 Å². The first-order valence-electron chi connectivity index (χ1n) is 7.29. The van der Waals surface area contributed by atoms with Crippen LogP contribution >= 0.6 is 12.4 Å². The third-order valence-electron chi connectivity index (χ3n) is 4.16. The van der Waals surface area contributed by atoms with Gasteiger partial charge in [0, 0.05) is 30.7 Å². The number of fused-ring (bicyclic) bond motifs is 2. The second kappa shape index (κ2) is 7.30. The molecule has 2 aliphatic rings. The summed E-state index contributed by atoms with van der Waals surface area (Å²) in [5, 5.41) is 3.30. The first kappa shape index (κ1) is 19.0. The van der Waals surface area contributed by atoms with Gasteiger partial charge in [-0.2, -0.15) is 0 Å². The highest BCUT2D eigenvalue weighted by Crippen LogP contribution is 2.25. The number of carbonyl (C=O) groups is 1. The number of nitrogens with zero attached hydrogens (tertiary/aromatic N) is 1. The lowest BCUT2D eigenvalue weighted by molar-refractivity contribution is 0.0716. The molecule has 0 saturated carbocycles. The van der Waals surface area contributed by atoms with Gasteiger partial charge < -0.3 is 10.2 Å². The normalized spacial score (nSPS) is 22.7. The zero-order valence-corrected chi connectivity index (χ0v) is 14.2. The number of nitrogens with one attached hydrogen (secondary N) is 2. The molecule has 0 aliphatic carbocycles. The fraction of sp³-hybridized carbons (Fsp3) is 0.500. The minimum Gasteiger partial charge on any atom is -0.333 e. The van der Waals surface area contributed by atoms with Crippen molar-refractivity contribution in [3.05, 3.63) is 29.8 Å². The van der Waals surface area contributed by atoms with Crippen molar-refractivity contribution < 1.29 is 22.0 Å². The van der Waals surface area contributed by atoms with E-state index in [1.165, 1.54) is 24.3 Å². The van der Waals surface area contributed by atoms with E-state index in [0.717, 1.165) is 13.0 Å². The second-order valence-corrected chi connectivity index (χ2v) is 7.49. The summed E-state index contributed by atoms with van der Waals surface area (Å²) in [6, 6.07) is 5.87. The van der Waals surface area contributed by atoms with Gasteiger partial charge in [-0.3, -0.25) is 4.79 Å². The number of halogens is 3. The molecule has 2 bridgehead atoms. The van der Waals surface area contributed by atoms with Gasteiger partial charge in [0.15, 0.2) is 0 Å². The summed E-state index contributed by atoms with van der Waals surface area (Å²) in [7, 11) is -3.99. The van der Waals surface area contributed by atoms with Crippen LogP contribution in [0.2, 0.25) is 0 Å².